The van der Waals surface area contributed by atoms with Gasteiger partial charge in [0, 0.05) is 49.1 Å². The SMILES string of the molecule is COc1ccc(-c2ccnc3nc(-c4cccc(C(=O)N5CCN(C)CC5)c4)[nH]c23)cc1.Cl. The molecular formula is C25H26ClN5O2. The lowest BCUT2D eigenvalue weighted by atomic mass is 10.1. The molecule has 0 atom stereocenters. The number of amides is 1. The first-order valence-corrected chi connectivity index (χ1v) is 10.7. The summed E-state index contributed by atoms with van der Waals surface area (Å²) in [6, 6.07) is 17.5. The van der Waals surface area contributed by atoms with Gasteiger partial charge in [-0.05, 0) is 42.9 Å². The predicted molar refractivity (Wildman–Crippen MR) is 132 cm³/mol. The standard InChI is InChI=1S/C25H25N5O2.ClH/c1-29-12-14-30(15-13-29)25(31)19-5-3-4-18(16-19)23-27-22-21(10-11-26-24(22)28-23)17-6-8-20(32-2)9-7-17;/h3-11,16H,12-15H2,1-2H3,(H,26,27,28);1H. The Morgan fingerprint density at radius 1 is 1.00 bits per heavy atom. The molecule has 2 aromatic heterocycles. The molecule has 33 heavy (non-hydrogen) atoms. The number of carbonyl (C=O) groups is 1. The van der Waals surface area contributed by atoms with E-state index in [-0.39, 0.29) is 18.3 Å². The van der Waals surface area contributed by atoms with E-state index in [2.05, 4.69) is 21.9 Å². The van der Waals surface area contributed by atoms with Crippen LogP contribution in [0.15, 0.2) is 60.8 Å². The number of imidazole rings is 1. The number of nitrogens with zero attached hydrogens (tertiary/aromatic N) is 4. The number of aromatic amines is 1. The highest BCUT2D eigenvalue weighted by atomic mass is 35.5. The largest absolute Gasteiger partial charge is 0.497 e. The second-order valence-corrected chi connectivity index (χ2v) is 8.05. The molecule has 1 saturated heterocycles. The molecule has 1 aliphatic rings. The summed E-state index contributed by atoms with van der Waals surface area (Å²) in [4.78, 5) is 29.7. The van der Waals surface area contributed by atoms with Crippen molar-refractivity contribution in [3.8, 4) is 28.3 Å². The highest BCUT2D eigenvalue weighted by Gasteiger charge is 2.21. The van der Waals surface area contributed by atoms with Crippen LogP contribution in [-0.2, 0) is 0 Å². The van der Waals surface area contributed by atoms with Crippen LogP contribution >= 0.6 is 12.4 Å². The van der Waals surface area contributed by atoms with Crippen LogP contribution in [0.3, 0.4) is 0 Å². The van der Waals surface area contributed by atoms with Crippen molar-refractivity contribution < 1.29 is 9.53 Å². The number of rotatable bonds is 4. The van der Waals surface area contributed by atoms with E-state index in [4.69, 9.17) is 9.72 Å². The molecular weight excluding hydrogens is 438 g/mol. The first-order valence-electron chi connectivity index (χ1n) is 10.7. The van der Waals surface area contributed by atoms with Crippen LogP contribution in [0.5, 0.6) is 5.75 Å². The third-order valence-corrected chi connectivity index (χ3v) is 5.97. The number of hydrogen-bond acceptors (Lipinski definition) is 5. The fraction of sp³-hybridized carbons (Fsp3) is 0.240. The fourth-order valence-corrected chi connectivity index (χ4v) is 4.05. The van der Waals surface area contributed by atoms with Crippen LogP contribution in [0.4, 0.5) is 0 Å². The Hall–Kier alpha value is -3.42. The van der Waals surface area contributed by atoms with E-state index in [1.807, 2.05) is 59.5 Å². The Bertz CT molecular complexity index is 1260. The molecule has 0 radical (unpaired) electrons. The lowest BCUT2D eigenvalue weighted by Gasteiger charge is -2.32. The number of aromatic nitrogens is 3. The molecule has 0 aliphatic carbocycles. The summed E-state index contributed by atoms with van der Waals surface area (Å²) >= 11 is 0. The van der Waals surface area contributed by atoms with Crippen molar-refractivity contribution in [3.05, 3.63) is 66.4 Å². The minimum atomic E-state index is 0. The number of methoxy groups -OCH3 is 1. The maximum absolute atomic E-state index is 13.0. The molecule has 1 N–H and O–H groups in total. The number of nitrogens with one attached hydrogen (secondary N) is 1. The number of benzene rings is 2. The summed E-state index contributed by atoms with van der Waals surface area (Å²) in [5.74, 6) is 1.57. The van der Waals surface area contributed by atoms with Crippen LogP contribution in [0.1, 0.15) is 10.4 Å². The van der Waals surface area contributed by atoms with Crippen LogP contribution in [0.2, 0.25) is 0 Å². The Morgan fingerprint density at radius 2 is 1.76 bits per heavy atom. The zero-order valence-electron chi connectivity index (χ0n) is 18.6. The smallest absolute Gasteiger partial charge is 0.253 e. The molecule has 0 bridgehead atoms. The van der Waals surface area contributed by atoms with Gasteiger partial charge in [-0.15, -0.1) is 12.4 Å². The summed E-state index contributed by atoms with van der Waals surface area (Å²) < 4.78 is 5.27. The van der Waals surface area contributed by atoms with Crippen LogP contribution in [-0.4, -0.2) is 71.0 Å². The molecule has 0 unspecified atom stereocenters. The third kappa shape index (κ3) is 4.55. The quantitative estimate of drug-likeness (QED) is 0.493. The maximum Gasteiger partial charge on any atom is 0.253 e. The molecule has 0 saturated carbocycles. The number of halogens is 1. The average Bonchev–Trinajstić information content (AvgIpc) is 3.29. The van der Waals surface area contributed by atoms with Crippen LogP contribution in [0.25, 0.3) is 33.7 Å². The van der Waals surface area contributed by atoms with E-state index in [0.29, 0.717) is 17.0 Å². The first kappa shape index (κ1) is 22.8. The summed E-state index contributed by atoms with van der Waals surface area (Å²) in [6.45, 7) is 3.29. The van der Waals surface area contributed by atoms with Gasteiger partial charge in [-0.1, -0.05) is 24.3 Å². The van der Waals surface area contributed by atoms with E-state index in [9.17, 15) is 4.79 Å². The number of hydrogen-bond donors (Lipinski definition) is 1. The molecule has 1 aliphatic heterocycles. The highest BCUT2D eigenvalue weighted by Crippen LogP contribution is 2.30. The van der Waals surface area contributed by atoms with Crippen molar-refractivity contribution in [2.24, 2.45) is 0 Å². The molecule has 1 fully saturated rings. The molecule has 8 heteroatoms. The minimum Gasteiger partial charge on any atom is -0.497 e. The molecule has 7 nitrogen and oxygen atoms in total. The highest BCUT2D eigenvalue weighted by molar-refractivity contribution is 5.96. The van der Waals surface area contributed by atoms with E-state index in [1.165, 1.54) is 0 Å². The van der Waals surface area contributed by atoms with Gasteiger partial charge in [-0.25, -0.2) is 9.97 Å². The van der Waals surface area contributed by atoms with Crippen molar-refractivity contribution in [2.45, 2.75) is 0 Å². The van der Waals surface area contributed by atoms with Crippen LogP contribution < -0.4 is 4.74 Å². The maximum atomic E-state index is 13.0. The Labute approximate surface area is 198 Å². The van der Waals surface area contributed by atoms with Gasteiger partial charge >= 0.3 is 0 Å². The van der Waals surface area contributed by atoms with Gasteiger partial charge in [0.05, 0.1) is 12.6 Å². The van der Waals surface area contributed by atoms with E-state index >= 15 is 0 Å². The number of H-pyrrole nitrogens is 1. The number of ether oxygens (including phenoxy) is 1. The molecule has 4 aromatic rings. The predicted octanol–water partition coefficient (Wildman–Crippen LogP) is 4.11. The number of pyridine rings is 1. The summed E-state index contributed by atoms with van der Waals surface area (Å²) in [5, 5.41) is 0. The molecule has 170 valence electrons. The van der Waals surface area contributed by atoms with Gasteiger partial charge in [0.2, 0.25) is 0 Å². The Kier molecular flexibility index (Phi) is 6.62. The molecule has 0 spiro atoms. The monoisotopic (exact) mass is 463 g/mol. The number of piperazine rings is 1. The summed E-state index contributed by atoms with van der Waals surface area (Å²) in [5.41, 5.74) is 5.11. The Balaban J connectivity index is 0.00000259. The number of fused-ring (bicyclic) bond motifs is 1. The third-order valence-electron chi connectivity index (χ3n) is 5.97. The summed E-state index contributed by atoms with van der Waals surface area (Å²) in [6.07, 6.45) is 1.76. The van der Waals surface area contributed by atoms with Gasteiger partial charge in [-0.3, -0.25) is 4.79 Å². The van der Waals surface area contributed by atoms with Gasteiger partial charge in [0.15, 0.2) is 5.65 Å². The van der Waals surface area contributed by atoms with E-state index in [1.54, 1.807) is 13.3 Å². The van der Waals surface area contributed by atoms with Gasteiger partial charge in [0.25, 0.3) is 5.91 Å². The molecule has 3 heterocycles. The minimum absolute atomic E-state index is 0. The van der Waals surface area contributed by atoms with Gasteiger partial charge in [0.1, 0.15) is 11.6 Å². The van der Waals surface area contributed by atoms with Crippen molar-refractivity contribution in [2.75, 3.05) is 40.3 Å². The molecule has 5 rings (SSSR count). The van der Waals surface area contributed by atoms with E-state index < -0.39 is 0 Å². The van der Waals surface area contributed by atoms with Gasteiger partial charge in [-0.2, -0.15) is 0 Å². The normalized spacial score (nSPS) is 14.2. The first-order chi connectivity index (χ1) is 15.6. The zero-order chi connectivity index (χ0) is 22.1. The number of carbonyl (C=O) groups excluding carboxylic acids is 1. The van der Waals surface area contributed by atoms with Crippen molar-refractivity contribution in [1.82, 2.24) is 24.8 Å². The lowest BCUT2D eigenvalue weighted by Crippen LogP contribution is -2.47. The summed E-state index contributed by atoms with van der Waals surface area (Å²) in [7, 11) is 3.74. The van der Waals surface area contributed by atoms with E-state index in [0.717, 1.165) is 54.1 Å². The second kappa shape index (κ2) is 9.60. The zero-order valence-corrected chi connectivity index (χ0v) is 19.4. The topological polar surface area (TPSA) is 74.4 Å². The second-order valence-electron chi connectivity index (χ2n) is 8.05. The fourth-order valence-electron chi connectivity index (χ4n) is 4.05. The lowest BCUT2D eigenvalue weighted by molar-refractivity contribution is 0.0664. The Morgan fingerprint density at radius 3 is 2.48 bits per heavy atom. The average molecular weight is 464 g/mol. The van der Waals surface area contributed by atoms with Crippen molar-refractivity contribution in [3.63, 3.8) is 0 Å². The molecule has 1 amide bonds. The molecule has 2 aromatic carbocycles. The van der Waals surface area contributed by atoms with Gasteiger partial charge < -0.3 is 19.5 Å². The van der Waals surface area contributed by atoms with Crippen molar-refractivity contribution >= 4 is 29.5 Å². The van der Waals surface area contributed by atoms with Crippen LogP contribution in [0, 0.1) is 0 Å². The van der Waals surface area contributed by atoms with Crippen molar-refractivity contribution in [1.29, 1.82) is 0 Å². The number of likely N-dealkylation sites (N-methyl/N-ethyl adjacent to an activating group) is 1.